The van der Waals surface area contributed by atoms with Crippen molar-refractivity contribution in [1.82, 2.24) is 5.32 Å². The van der Waals surface area contributed by atoms with E-state index in [1.54, 1.807) is 0 Å². The Kier molecular flexibility index (Phi) is 1.30. The second kappa shape index (κ2) is 1.80. The van der Waals surface area contributed by atoms with E-state index in [4.69, 9.17) is 5.11 Å². The molecule has 2 N–H and O–H groups in total. The zero-order valence-corrected chi connectivity index (χ0v) is 4.52. The molecule has 1 heterocycles. The highest BCUT2D eigenvalue weighted by atomic mass is 16.3. The summed E-state index contributed by atoms with van der Waals surface area (Å²) in [4.78, 5) is 0. The Morgan fingerprint density at radius 2 is 2.43 bits per heavy atom. The maximum Gasteiger partial charge on any atom is 0.105 e. The van der Waals surface area contributed by atoms with E-state index in [2.05, 4.69) is 12.2 Å². The van der Waals surface area contributed by atoms with E-state index >= 15 is 0 Å². The van der Waals surface area contributed by atoms with Gasteiger partial charge < -0.3 is 5.11 Å². The first-order valence-corrected chi connectivity index (χ1v) is 2.70. The SMILES string of the molecule is C[C@H]1CNC(O)C1. The van der Waals surface area contributed by atoms with E-state index in [1.165, 1.54) is 0 Å². The Bertz CT molecular complexity index is 57.1. The van der Waals surface area contributed by atoms with Crippen molar-refractivity contribution in [3.63, 3.8) is 0 Å². The predicted molar refractivity (Wildman–Crippen MR) is 27.8 cm³/mol. The summed E-state index contributed by atoms with van der Waals surface area (Å²) in [6.45, 7) is 3.10. The van der Waals surface area contributed by atoms with Gasteiger partial charge in [-0.2, -0.15) is 0 Å². The number of hydrogen-bond donors (Lipinski definition) is 2. The number of nitrogens with one attached hydrogen (secondary N) is 1. The average Bonchev–Trinajstić information content (AvgIpc) is 1.87. The summed E-state index contributed by atoms with van der Waals surface area (Å²) >= 11 is 0. The first-order chi connectivity index (χ1) is 3.29. The minimum absolute atomic E-state index is 0.227. The Balaban J connectivity index is 2.26. The first-order valence-electron chi connectivity index (χ1n) is 2.70. The molecule has 1 aliphatic rings. The molecule has 0 bridgehead atoms. The number of hydrogen-bond acceptors (Lipinski definition) is 2. The van der Waals surface area contributed by atoms with Gasteiger partial charge in [0.15, 0.2) is 0 Å². The molecule has 0 aromatic carbocycles. The number of aliphatic hydroxyl groups is 1. The molecular formula is C5H11NO. The van der Waals surface area contributed by atoms with Gasteiger partial charge in [0.2, 0.25) is 0 Å². The Morgan fingerprint density at radius 3 is 2.57 bits per heavy atom. The van der Waals surface area contributed by atoms with Crippen molar-refractivity contribution in [1.29, 1.82) is 0 Å². The summed E-state index contributed by atoms with van der Waals surface area (Å²) in [5.74, 6) is 0.662. The van der Waals surface area contributed by atoms with Gasteiger partial charge in [0.05, 0.1) is 0 Å². The molecule has 7 heavy (non-hydrogen) atoms. The zero-order valence-electron chi connectivity index (χ0n) is 4.52. The molecule has 0 aromatic heterocycles. The highest BCUT2D eigenvalue weighted by Gasteiger charge is 2.16. The Labute approximate surface area is 43.5 Å². The molecule has 0 saturated carbocycles. The number of aliphatic hydroxyl groups excluding tert-OH is 1. The second-order valence-electron chi connectivity index (χ2n) is 2.26. The molecule has 2 heteroatoms. The van der Waals surface area contributed by atoms with E-state index in [9.17, 15) is 0 Å². The topological polar surface area (TPSA) is 32.3 Å². The molecule has 1 saturated heterocycles. The molecule has 0 amide bonds. The molecule has 0 radical (unpaired) electrons. The van der Waals surface area contributed by atoms with E-state index in [-0.39, 0.29) is 6.23 Å². The molecule has 2 atom stereocenters. The third-order valence-corrected chi connectivity index (χ3v) is 1.33. The molecule has 1 rings (SSSR count). The highest BCUT2D eigenvalue weighted by molar-refractivity contribution is 4.69. The molecule has 0 aliphatic carbocycles. The molecule has 1 unspecified atom stereocenters. The number of rotatable bonds is 0. The minimum atomic E-state index is -0.227. The van der Waals surface area contributed by atoms with Crippen LogP contribution in [-0.4, -0.2) is 17.9 Å². The van der Waals surface area contributed by atoms with Gasteiger partial charge in [-0.3, -0.25) is 5.32 Å². The summed E-state index contributed by atoms with van der Waals surface area (Å²) in [7, 11) is 0. The van der Waals surface area contributed by atoms with Gasteiger partial charge in [-0.1, -0.05) is 6.92 Å². The van der Waals surface area contributed by atoms with E-state index in [1.807, 2.05) is 0 Å². The Morgan fingerprint density at radius 1 is 1.71 bits per heavy atom. The lowest BCUT2D eigenvalue weighted by atomic mass is 10.1. The van der Waals surface area contributed by atoms with Crippen LogP contribution >= 0.6 is 0 Å². The zero-order chi connectivity index (χ0) is 5.28. The summed E-state index contributed by atoms with van der Waals surface area (Å²) in [6, 6.07) is 0. The Hall–Kier alpha value is -0.0800. The van der Waals surface area contributed by atoms with Crippen LogP contribution in [0.1, 0.15) is 13.3 Å². The summed E-state index contributed by atoms with van der Waals surface area (Å²) < 4.78 is 0. The lowest BCUT2D eigenvalue weighted by Gasteiger charge is -1.95. The highest BCUT2D eigenvalue weighted by Crippen LogP contribution is 2.09. The van der Waals surface area contributed by atoms with Gasteiger partial charge in [0.1, 0.15) is 6.23 Å². The summed E-state index contributed by atoms with van der Waals surface area (Å²) in [5, 5.41) is 11.7. The normalized spacial score (nSPS) is 42.0. The van der Waals surface area contributed by atoms with Crippen LogP contribution in [0, 0.1) is 5.92 Å². The molecule has 0 spiro atoms. The van der Waals surface area contributed by atoms with Gasteiger partial charge in [-0.15, -0.1) is 0 Å². The fourth-order valence-electron chi connectivity index (χ4n) is 0.885. The van der Waals surface area contributed by atoms with Crippen molar-refractivity contribution < 1.29 is 5.11 Å². The summed E-state index contributed by atoms with van der Waals surface area (Å²) in [5.41, 5.74) is 0. The summed E-state index contributed by atoms with van der Waals surface area (Å²) in [6.07, 6.45) is 0.690. The predicted octanol–water partition coefficient (Wildman–Crippen LogP) is -0.0658. The lowest BCUT2D eigenvalue weighted by Crippen LogP contribution is -2.19. The lowest BCUT2D eigenvalue weighted by molar-refractivity contribution is 0.157. The third-order valence-electron chi connectivity index (χ3n) is 1.33. The van der Waals surface area contributed by atoms with Gasteiger partial charge in [0.25, 0.3) is 0 Å². The van der Waals surface area contributed by atoms with Crippen LogP contribution in [0.4, 0.5) is 0 Å². The minimum Gasteiger partial charge on any atom is -0.379 e. The molecule has 1 aliphatic heterocycles. The largest absolute Gasteiger partial charge is 0.379 e. The fourth-order valence-corrected chi connectivity index (χ4v) is 0.885. The van der Waals surface area contributed by atoms with Crippen LogP contribution in [0.2, 0.25) is 0 Å². The second-order valence-corrected chi connectivity index (χ2v) is 2.26. The first kappa shape index (κ1) is 5.06. The van der Waals surface area contributed by atoms with Gasteiger partial charge in [-0.25, -0.2) is 0 Å². The van der Waals surface area contributed by atoms with Crippen molar-refractivity contribution >= 4 is 0 Å². The average molecular weight is 101 g/mol. The molecule has 0 aromatic rings. The van der Waals surface area contributed by atoms with Crippen molar-refractivity contribution in [2.75, 3.05) is 6.54 Å². The van der Waals surface area contributed by atoms with Crippen LogP contribution in [-0.2, 0) is 0 Å². The van der Waals surface area contributed by atoms with E-state index in [0.29, 0.717) is 5.92 Å². The van der Waals surface area contributed by atoms with Gasteiger partial charge in [-0.05, 0) is 12.3 Å². The van der Waals surface area contributed by atoms with Crippen molar-refractivity contribution in [3.05, 3.63) is 0 Å². The van der Waals surface area contributed by atoms with Crippen molar-refractivity contribution in [2.45, 2.75) is 19.6 Å². The third kappa shape index (κ3) is 1.14. The quantitative estimate of drug-likeness (QED) is 0.448. The van der Waals surface area contributed by atoms with Crippen LogP contribution in [0.25, 0.3) is 0 Å². The fraction of sp³-hybridized carbons (Fsp3) is 1.00. The van der Waals surface area contributed by atoms with Crippen LogP contribution in [0.3, 0.4) is 0 Å². The van der Waals surface area contributed by atoms with Crippen molar-refractivity contribution in [3.8, 4) is 0 Å². The van der Waals surface area contributed by atoms with Crippen LogP contribution in [0.5, 0.6) is 0 Å². The van der Waals surface area contributed by atoms with Crippen LogP contribution < -0.4 is 5.32 Å². The molecular weight excluding hydrogens is 90.1 g/mol. The maximum atomic E-state index is 8.79. The molecule has 1 fully saturated rings. The van der Waals surface area contributed by atoms with E-state index in [0.717, 1.165) is 13.0 Å². The maximum absolute atomic E-state index is 8.79. The smallest absolute Gasteiger partial charge is 0.105 e. The van der Waals surface area contributed by atoms with Crippen molar-refractivity contribution in [2.24, 2.45) is 5.92 Å². The van der Waals surface area contributed by atoms with E-state index < -0.39 is 0 Å². The standard InChI is InChI=1S/C5H11NO/c1-4-2-5(7)6-3-4/h4-7H,2-3H2,1H3/t4-,5?/m1/s1. The van der Waals surface area contributed by atoms with Gasteiger partial charge >= 0.3 is 0 Å². The van der Waals surface area contributed by atoms with Crippen LogP contribution in [0.15, 0.2) is 0 Å². The monoisotopic (exact) mass is 101 g/mol. The molecule has 2 nitrogen and oxygen atoms in total. The van der Waals surface area contributed by atoms with Gasteiger partial charge in [0, 0.05) is 6.54 Å². The molecule has 42 valence electrons.